The molecule has 1 aliphatic rings. The summed E-state index contributed by atoms with van der Waals surface area (Å²) >= 11 is 0. The van der Waals surface area contributed by atoms with Crippen molar-refractivity contribution in [2.45, 2.75) is 37.8 Å². The molecular formula is C13H15N5O. The minimum Gasteiger partial charge on any atom is -0.391 e. The van der Waals surface area contributed by atoms with E-state index in [1.807, 2.05) is 12.1 Å². The topological polar surface area (TPSA) is 86.2 Å². The van der Waals surface area contributed by atoms with Gasteiger partial charge in [0.15, 0.2) is 11.3 Å². The number of hydrogen-bond donors (Lipinski definition) is 2. The zero-order valence-corrected chi connectivity index (χ0v) is 10.5. The summed E-state index contributed by atoms with van der Waals surface area (Å²) in [5, 5.41) is 26.5. The molecule has 0 aliphatic heterocycles. The second kappa shape index (κ2) is 4.86. The molecule has 0 unspecified atom stereocenters. The summed E-state index contributed by atoms with van der Waals surface area (Å²) in [4.78, 5) is 4.09. The fourth-order valence-electron chi connectivity index (χ4n) is 2.50. The Labute approximate surface area is 110 Å². The van der Waals surface area contributed by atoms with Gasteiger partial charge in [-0.15, -0.1) is 5.10 Å². The number of nitriles is 1. The van der Waals surface area contributed by atoms with Crippen LogP contribution in [0.25, 0.3) is 5.65 Å². The van der Waals surface area contributed by atoms with Crippen LogP contribution in [-0.2, 0) is 0 Å². The van der Waals surface area contributed by atoms with Crippen molar-refractivity contribution < 1.29 is 5.11 Å². The number of hydrogen-bond acceptors (Lipinski definition) is 5. The molecule has 3 rings (SSSR count). The highest BCUT2D eigenvalue weighted by Crippen LogP contribution is 2.21. The van der Waals surface area contributed by atoms with E-state index in [0.717, 1.165) is 25.7 Å². The summed E-state index contributed by atoms with van der Waals surface area (Å²) in [5.41, 5.74) is 1.05. The molecule has 0 radical (unpaired) electrons. The first-order valence-electron chi connectivity index (χ1n) is 6.47. The Hall–Kier alpha value is -2.13. The Morgan fingerprint density at radius 1 is 1.37 bits per heavy atom. The van der Waals surface area contributed by atoms with Crippen molar-refractivity contribution in [1.82, 2.24) is 14.6 Å². The molecule has 6 nitrogen and oxygen atoms in total. The van der Waals surface area contributed by atoms with E-state index in [0.29, 0.717) is 17.2 Å². The lowest BCUT2D eigenvalue weighted by molar-refractivity contribution is 0.116. The van der Waals surface area contributed by atoms with Gasteiger partial charge in [-0.2, -0.15) is 5.26 Å². The van der Waals surface area contributed by atoms with Crippen LogP contribution < -0.4 is 5.32 Å². The van der Waals surface area contributed by atoms with Crippen molar-refractivity contribution >= 4 is 11.5 Å². The number of imidazole rings is 1. The number of aliphatic hydroxyl groups is 1. The molecule has 2 aromatic rings. The Kier molecular flexibility index (Phi) is 3.05. The zero-order chi connectivity index (χ0) is 13.2. The van der Waals surface area contributed by atoms with Crippen LogP contribution in [0.5, 0.6) is 0 Å². The van der Waals surface area contributed by atoms with E-state index in [-0.39, 0.29) is 12.1 Å². The van der Waals surface area contributed by atoms with E-state index in [9.17, 15) is 5.11 Å². The van der Waals surface area contributed by atoms with Crippen molar-refractivity contribution in [3.05, 3.63) is 24.0 Å². The monoisotopic (exact) mass is 257 g/mol. The van der Waals surface area contributed by atoms with Gasteiger partial charge in [-0.05, 0) is 25.0 Å². The van der Waals surface area contributed by atoms with Gasteiger partial charge in [-0.25, -0.2) is 9.50 Å². The van der Waals surface area contributed by atoms with E-state index < -0.39 is 0 Å². The largest absolute Gasteiger partial charge is 0.391 e. The SMILES string of the molecule is N#Cc1cnc2ccc(N[C@H]3CCCC[C@@H]3O)nn12. The molecule has 19 heavy (non-hydrogen) atoms. The number of fused-ring (bicyclic) bond motifs is 1. The summed E-state index contributed by atoms with van der Waals surface area (Å²) in [5.74, 6) is 0.660. The highest BCUT2D eigenvalue weighted by atomic mass is 16.3. The third-order valence-corrected chi connectivity index (χ3v) is 3.54. The Bertz CT molecular complexity index is 629. The van der Waals surface area contributed by atoms with Gasteiger partial charge in [0.05, 0.1) is 18.3 Å². The van der Waals surface area contributed by atoms with Gasteiger partial charge in [0.25, 0.3) is 0 Å². The Morgan fingerprint density at radius 3 is 3.00 bits per heavy atom. The molecule has 0 amide bonds. The molecule has 2 atom stereocenters. The van der Waals surface area contributed by atoms with Gasteiger partial charge in [0.1, 0.15) is 11.9 Å². The van der Waals surface area contributed by atoms with Gasteiger partial charge in [-0.1, -0.05) is 12.8 Å². The van der Waals surface area contributed by atoms with Gasteiger partial charge < -0.3 is 10.4 Å². The van der Waals surface area contributed by atoms with E-state index >= 15 is 0 Å². The minimum absolute atomic E-state index is 0.0350. The van der Waals surface area contributed by atoms with Crippen LogP contribution in [0.3, 0.4) is 0 Å². The maximum absolute atomic E-state index is 9.94. The first-order valence-corrected chi connectivity index (χ1v) is 6.47. The summed E-state index contributed by atoms with van der Waals surface area (Å²) < 4.78 is 1.51. The van der Waals surface area contributed by atoms with Crippen LogP contribution in [0.4, 0.5) is 5.82 Å². The fourth-order valence-corrected chi connectivity index (χ4v) is 2.50. The molecule has 0 bridgehead atoms. The summed E-state index contributed by atoms with van der Waals surface area (Å²) in [7, 11) is 0. The second-order valence-electron chi connectivity index (χ2n) is 4.85. The van der Waals surface area contributed by atoms with Gasteiger partial charge in [0.2, 0.25) is 0 Å². The average Bonchev–Trinajstić information content (AvgIpc) is 2.84. The molecule has 1 aliphatic carbocycles. The molecule has 0 spiro atoms. The Balaban J connectivity index is 1.86. The first kappa shape index (κ1) is 11.9. The predicted molar refractivity (Wildman–Crippen MR) is 69.6 cm³/mol. The zero-order valence-electron chi connectivity index (χ0n) is 10.5. The number of aromatic nitrogens is 3. The van der Waals surface area contributed by atoms with Crippen molar-refractivity contribution in [2.75, 3.05) is 5.32 Å². The van der Waals surface area contributed by atoms with E-state index in [1.54, 1.807) is 0 Å². The minimum atomic E-state index is -0.329. The Morgan fingerprint density at radius 2 is 2.21 bits per heavy atom. The number of aliphatic hydroxyl groups excluding tert-OH is 1. The molecule has 6 heteroatoms. The molecule has 0 saturated heterocycles. The highest BCUT2D eigenvalue weighted by Gasteiger charge is 2.23. The lowest BCUT2D eigenvalue weighted by atomic mass is 9.93. The first-order chi connectivity index (χ1) is 9.28. The smallest absolute Gasteiger partial charge is 0.162 e. The third-order valence-electron chi connectivity index (χ3n) is 3.54. The summed E-state index contributed by atoms with van der Waals surface area (Å²) in [6.45, 7) is 0. The average molecular weight is 257 g/mol. The van der Waals surface area contributed by atoms with Crippen LogP contribution in [0, 0.1) is 11.3 Å². The molecule has 0 aromatic carbocycles. The van der Waals surface area contributed by atoms with Crippen LogP contribution in [0.15, 0.2) is 18.3 Å². The van der Waals surface area contributed by atoms with Crippen molar-refractivity contribution in [3.63, 3.8) is 0 Å². The van der Waals surface area contributed by atoms with Gasteiger partial charge >= 0.3 is 0 Å². The lowest BCUT2D eigenvalue weighted by Gasteiger charge is -2.28. The van der Waals surface area contributed by atoms with E-state index in [1.165, 1.54) is 10.7 Å². The van der Waals surface area contributed by atoms with Crippen molar-refractivity contribution in [2.24, 2.45) is 0 Å². The molecule has 1 fully saturated rings. The standard InChI is InChI=1S/C13H15N5O/c14-7-9-8-15-13-6-5-12(17-18(9)13)16-10-3-1-2-4-11(10)19/h5-6,8,10-11,19H,1-4H2,(H,16,17)/t10-,11-/m0/s1. The van der Waals surface area contributed by atoms with Gasteiger partial charge in [0, 0.05) is 0 Å². The molecule has 2 heterocycles. The second-order valence-corrected chi connectivity index (χ2v) is 4.85. The molecule has 98 valence electrons. The number of nitrogens with one attached hydrogen (secondary N) is 1. The molecular weight excluding hydrogens is 242 g/mol. The number of nitrogens with zero attached hydrogens (tertiary/aromatic N) is 4. The summed E-state index contributed by atoms with van der Waals surface area (Å²) in [6.07, 6.45) is 5.13. The summed E-state index contributed by atoms with van der Waals surface area (Å²) in [6, 6.07) is 5.72. The normalized spacial score (nSPS) is 23.2. The molecule has 1 saturated carbocycles. The predicted octanol–water partition coefficient (Wildman–Crippen LogP) is 1.32. The quantitative estimate of drug-likeness (QED) is 0.847. The van der Waals surface area contributed by atoms with Crippen LogP contribution in [-0.4, -0.2) is 31.9 Å². The van der Waals surface area contributed by atoms with Crippen LogP contribution >= 0.6 is 0 Å². The van der Waals surface area contributed by atoms with Crippen LogP contribution in [0.1, 0.15) is 31.4 Å². The highest BCUT2D eigenvalue weighted by molar-refractivity contribution is 5.47. The van der Waals surface area contributed by atoms with Crippen molar-refractivity contribution in [3.8, 4) is 6.07 Å². The van der Waals surface area contributed by atoms with Crippen LogP contribution in [0.2, 0.25) is 0 Å². The molecule has 2 aromatic heterocycles. The van der Waals surface area contributed by atoms with Crippen molar-refractivity contribution in [1.29, 1.82) is 5.26 Å². The lowest BCUT2D eigenvalue weighted by Crippen LogP contribution is -2.36. The van der Waals surface area contributed by atoms with E-state index in [2.05, 4.69) is 21.5 Å². The maximum Gasteiger partial charge on any atom is 0.162 e. The fraction of sp³-hybridized carbons (Fsp3) is 0.462. The van der Waals surface area contributed by atoms with Gasteiger partial charge in [-0.3, -0.25) is 0 Å². The number of anilines is 1. The molecule has 2 N–H and O–H groups in total. The maximum atomic E-state index is 9.94. The van der Waals surface area contributed by atoms with E-state index in [4.69, 9.17) is 5.26 Å². The number of rotatable bonds is 2. The third kappa shape index (κ3) is 2.25.